The van der Waals surface area contributed by atoms with E-state index in [9.17, 15) is 0 Å². The third-order valence-electron chi connectivity index (χ3n) is 10.8. The molecule has 3 heterocycles. The van der Waals surface area contributed by atoms with Crippen LogP contribution in [-0.4, -0.2) is 5.84 Å². The molecule has 0 saturated heterocycles. The number of hydrogen-bond donors (Lipinski definition) is 2. The molecule has 256 valence electrons. The second-order valence-corrected chi connectivity index (χ2v) is 15.0. The molecule has 2 aromatic heterocycles. The fraction of sp³-hybridized carbons (Fsp3) is 0.0408. The van der Waals surface area contributed by atoms with Gasteiger partial charge in [0.25, 0.3) is 0 Å². The number of benzene rings is 8. The van der Waals surface area contributed by atoms with E-state index in [4.69, 9.17) is 9.41 Å². The first-order valence-electron chi connectivity index (χ1n) is 18.3. The van der Waals surface area contributed by atoms with E-state index in [2.05, 4.69) is 180 Å². The molecule has 1 aliphatic heterocycles. The van der Waals surface area contributed by atoms with Gasteiger partial charge < -0.3 is 9.73 Å². The average molecular weight is 712 g/mol. The Hall–Kier alpha value is -6.53. The fourth-order valence-corrected chi connectivity index (χ4v) is 9.38. The Morgan fingerprint density at radius 1 is 0.500 bits per heavy atom. The van der Waals surface area contributed by atoms with Gasteiger partial charge in [-0.25, -0.2) is 4.99 Å². The summed E-state index contributed by atoms with van der Waals surface area (Å²) in [7, 11) is 0. The molecule has 11 rings (SSSR count). The molecule has 0 spiro atoms. The van der Waals surface area contributed by atoms with Gasteiger partial charge in [0.15, 0.2) is 0 Å². The van der Waals surface area contributed by atoms with Gasteiger partial charge in [-0.2, -0.15) is 0 Å². The minimum atomic E-state index is -0.411. The molecule has 0 bridgehead atoms. The molecule has 2 unspecified atom stereocenters. The van der Waals surface area contributed by atoms with Crippen molar-refractivity contribution in [3.05, 3.63) is 193 Å². The summed E-state index contributed by atoms with van der Waals surface area (Å²) in [5, 5.41) is 15.0. The van der Waals surface area contributed by atoms with Crippen LogP contribution in [0.1, 0.15) is 29.0 Å². The Morgan fingerprint density at radius 2 is 1.20 bits per heavy atom. The number of furan rings is 1. The van der Waals surface area contributed by atoms with Gasteiger partial charge in [-0.3, -0.25) is 5.32 Å². The molecule has 10 aromatic rings. The number of para-hydroxylation sites is 1. The number of fused-ring (bicyclic) bond motifs is 7. The second kappa shape index (κ2) is 12.6. The van der Waals surface area contributed by atoms with Gasteiger partial charge >= 0.3 is 0 Å². The largest absolute Gasteiger partial charge is 0.456 e. The van der Waals surface area contributed by atoms with Gasteiger partial charge in [0.05, 0.1) is 0 Å². The van der Waals surface area contributed by atoms with Crippen LogP contribution in [0.2, 0.25) is 0 Å². The molecule has 0 saturated carbocycles. The lowest BCUT2D eigenvalue weighted by Gasteiger charge is -2.33. The maximum atomic E-state index is 6.53. The normalized spacial score (nSPS) is 16.0. The van der Waals surface area contributed by atoms with Crippen LogP contribution in [0.25, 0.3) is 75.1 Å². The van der Waals surface area contributed by atoms with E-state index >= 15 is 0 Å². The van der Waals surface area contributed by atoms with Crippen LogP contribution in [0.4, 0.5) is 0 Å². The van der Waals surface area contributed by atoms with Crippen molar-refractivity contribution in [2.24, 2.45) is 4.99 Å². The predicted molar refractivity (Wildman–Crippen MR) is 226 cm³/mol. The van der Waals surface area contributed by atoms with Crippen molar-refractivity contribution in [1.82, 2.24) is 10.6 Å². The van der Waals surface area contributed by atoms with E-state index in [1.807, 2.05) is 17.4 Å². The SMILES string of the molecule is c1ccc(-c2ccc(-c3ccc4oc5ccccc5c4c3C3N=C(c4ccc5ccccc5c4)NC(c4cccc5sc6ccccc6c45)N3)cc2)cc1. The van der Waals surface area contributed by atoms with E-state index in [1.165, 1.54) is 47.6 Å². The van der Waals surface area contributed by atoms with E-state index in [-0.39, 0.29) is 6.17 Å². The number of thiophene rings is 1. The monoisotopic (exact) mass is 711 g/mol. The minimum Gasteiger partial charge on any atom is -0.456 e. The zero-order valence-electron chi connectivity index (χ0n) is 29.2. The van der Waals surface area contributed by atoms with Gasteiger partial charge in [-0.1, -0.05) is 146 Å². The Balaban J connectivity index is 1.15. The minimum absolute atomic E-state index is 0.239. The first kappa shape index (κ1) is 31.0. The lowest BCUT2D eigenvalue weighted by molar-refractivity contribution is 0.413. The molecule has 0 aliphatic carbocycles. The van der Waals surface area contributed by atoms with Gasteiger partial charge in [0.1, 0.15) is 29.3 Å². The van der Waals surface area contributed by atoms with Crippen molar-refractivity contribution in [2.45, 2.75) is 12.3 Å². The molecule has 0 radical (unpaired) electrons. The van der Waals surface area contributed by atoms with Gasteiger partial charge in [-0.15, -0.1) is 11.3 Å². The third kappa shape index (κ3) is 5.12. The van der Waals surface area contributed by atoms with E-state index in [0.717, 1.165) is 50.0 Å². The summed E-state index contributed by atoms with van der Waals surface area (Å²) >= 11 is 1.84. The maximum absolute atomic E-state index is 6.53. The van der Waals surface area contributed by atoms with Crippen molar-refractivity contribution in [2.75, 3.05) is 0 Å². The number of rotatable bonds is 5. The lowest BCUT2D eigenvalue weighted by Crippen LogP contribution is -2.45. The summed E-state index contributed by atoms with van der Waals surface area (Å²) in [4.78, 5) is 5.58. The van der Waals surface area contributed by atoms with Crippen LogP contribution in [0.3, 0.4) is 0 Å². The van der Waals surface area contributed by atoms with Gasteiger partial charge in [0, 0.05) is 42.1 Å². The van der Waals surface area contributed by atoms with Crippen molar-refractivity contribution >= 4 is 70.1 Å². The van der Waals surface area contributed by atoms with Crippen LogP contribution in [0.5, 0.6) is 0 Å². The quantitative estimate of drug-likeness (QED) is 0.187. The molecule has 8 aromatic carbocycles. The lowest BCUT2D eigenvalue weighted by atomic mass is 9.91. The van der Waals surface area contributed by atoms with E-state index in [1.54, 1.807) is 0 Å². The van der Waals surface area contributed by atoms with Crippen molar-refractivity contribution in [1.29, 1.82) is 0 Å². The smallest absolute Gasteiger partial charge is 0.135 e. The predicted octanol–water partition coefficient (Wildman–Crippen LogP) is 12.8. The maximum Gasteiger partial charge on any atom is 0.135 e. The van der Waals surface area contributed by atoms with Crippen LogP contribution < -0.4 is 10.6 Å². The summed E-state index contributed by atoms with van der Waals surface area (Å²) in [6.07, 6.45) is -0.649. The Kier molecular flexibility index (Phi) is 7.22. The number of aliphatic imine (C=N–C) groups is 1. The van der Waals surface area contributed by atoms with Gasteiger partial charge in [-0.05, 0) is 68.9 Å². The number of amidine groups is 1. The third-order valence-corrected chi connectivity index (χ3v) is 11.9. The Morgan fingerprint density at radius 3 is 2.09 bits per heavy atom. The molecule has 2 atom stereocenters. The summed E-state index contributed by atoms with van der Waals surface area (Å²) in [5.41, 5.74) is 9.68. The molecule has 0 fully saturated rings. The molecule has 2 N–H and O–H groups in total. The van der Waals surface area contributed by atoms with Crippen LogP contribution in [-0.2, 0) is 0 Å². The topological polar surface area (TPSA) is 49.6 Å². The number of nitrogens with one attached hydrogen (secondary N) is 2. The number of nitrogens with zero attached hydrogens (tertiary/aromatic N) is 1. The fourth-order valence-electron chi connectivity index (χ4n) is 8.24. The standard InChI is InChI=1S/C49H33N3OS/c1-2-11-30(12-3-1)32-21-24-33(25-22-32)36-27-28-41-45(37-15-6-8-18-40(37)53-41)46(36)49-51-47(35-26-23-31-13-4-5-14-34(31)29-35)50-48(52-49)39-17-10-20-43-44(39)38-16-7-9-19-42(38)54-43/h1-29,48-49,52H,(H,50,51). The highest BCUT2D eigenvalue weighted by Gasteiger charge is 2.31. The van der Waals surface area contributed by atoms with Crippen LogP contribution >= 0.6 is 11.3 Å². The highest BCUT2D eigenvalue weighted by molar-refractivity contribution is 7.25. The molecule has 4 nitrogen and oxygen atoms in total. The van der Waals surface area contributed by atoms with Crippen LogP contribution in [0.15, 0.2) is 185 Å². The molecule has 54 heavy (non-hydrogen) atoms. The van der Waals surface area contributed by atoms with Crippen LogP contribution in [0, 0.1) is 0 Å². The summed E-state index contributed by atoms with van der Waals surface area (Å²) in [6, 6.07) is 62.6. The summed E-state index contributed by atoms with van der Waals surface area (Å²) < 4.78 is 9.08. The highest BCUT2D eigenvalue weighted by atomic mass is 32.1. The number of hydrogen-bond acceptors (Lipinski definition) is 5. The molecular formula is C49H33N3OS. The first-order valence-corrected chi connectivity index (χ1v) is 19.2. The summed E-state index contributed by atoms with van der Waals surface area (Å²) in [6.45, 7) is 0. The first-order chi connectivity index (χ1) is 26.7. The second-order valence-electron chi connectivity index (χ2n) is 13.9. The van der Waals surface area contributed by atoms with E-state index in [0.29, 0.717) is 0 Å². The zero-order valence-corrected chi connectivity index (χ0v) is 30.0. The molecule has 1 aliphatic rings. The molecule has 0 amide bonds. The van der Waals surface area contributed by atoms with Gasteiger partial charge in [0.2, 0.25) is 0 Å². The van der Waals surface area contributed by atoms with Crippen molar-refractivity contribution in [3.63, 3.8) is 0 Å². The Bertz CT molecular complexity index is 3070. The van der Waals surface area contributed by atoms with Crippen molar-refractivity contribution in [3.8, 4) is 22.3 Å². The zero-order chi connectivity index (χ0) is 35.6. The summed E-state index contributed by atoms with van der Waals surface area (Å²) in [5.74, 6) is 0.848. The van der Waals surface area contributed by atoms with Crippen molar-refractivity contribution < 1.29 is 4.42 Å². The highest BCUT2D eigenvalue weighted by Crippen LogP contribution is 2.44. The average Bonchev–Trinajstić information content (AvgIpc) is 3.82. The molecule has 5 heteroatoms. The van der Waals surface area contributed by atoms with E-state index < -0.39 is 6.17 Å². The molecular weight excluding hydrogens is 679 g/mol. The Labute approximate surface area is 316 Å².